The maximum atomic E-state index is 10.9. The number of nitrogens with zero attached hydrogens (tertiary/aromatic N) is 3. The van der Waals surface area contributed by atoms with Crippen LogP contribution < -0.4 is 11.3 Å². The Morgan fingerprint density at radius 2 is 2.33 bits per heavy atom. The Morgan fingerprint density at radius 1 is 1.57 bits per heavy atom. The molecule has 21 heavy (non-hydrogen) atoms. The van der Waals surface area contributed by atoms with Gasteiger partial charge in [0.25, 0.3) is 5.69 Å². The summed E-state index contributed by atoms with van der Waals surface area (Å²) in [5.41, 5.74) is 4.29. The predicted octanol–water partition coefficient (Wildman–Crippen LogP) is 1.26. The quantitative estimate of drug-likeness (QED) is 0.466. The van der Waals surface area contributed by atoms with Crippen LogP contribution in [-0.2, 0) is 6.54 Å². The highest BCUT2D eigenvalue weighted by molar-refractivity contribution is 5.55. The van der Waals surface area contributed by atoms with Crippen LogP contribution in [0.5, 0.6) is 0 Å². The first-order valence-corrected chi connectivity index (χ1v) is 7.10. The first kappa shape index (κ1) is 15.7. The highest BCUT2D eigenvalue weighted by atomic mass is 16.6. The van der Waals surface area contributed by atoms with Gasteiger partial charge < -0.3 is 15.2 Å². The number of rotatable bonds is 6. The molecule has 1 aliphatic rings. The van der Waals surface area contributed by atoms with Gasteiger partial charge in [0.15, 0.2) is 0 Å². The molecule has 1 aromatic rings. The maximum Gasteiger partial charge on any atom is 0.269 e. The molecule has 0 radical (unpaired) electrons. The fourth-order valence-corrected chi connectivity index (χ4v) is 2.94. The van der Waals surface area contributed by atoms with Gasteiger partial charge in [0.1, 0.15) is 0 Å². The lowest BCUT2D eigenvalue weighted by atomic mass is 10.1. The summed E-state index contributed by atoms with van der Waals surface area (Å²) in [6.07, 6.45) is 1.21. The lowest BCUT2D eigenvalue weighted by Gasteiger charge is -2.22. The minimum Gasteiger partial charge on any atom is -0.324 e. The Morgan fingerprint density at radius 3 is 2.90 bits per heavy atom. The second kappa shape index (κ2) is 6.84. The van der Waals surface area contributed by atoms with Crippen molar-refractivity contribution in [2.45, 2.75) is 13.0 Å². The average molecular weight is 293 g/mol. The number of hydrazine groups is 1. The van der Waals surface area contributed by atoms with E-state index in [9.17, 15) is 10.1 Å². The van der Waals surface area contributed by atoms with E-state index in [1.807, 2.05) is 7.05 Å². The van der Waals surface area contributed by atoms with Crippen molar-refractivity contribution in [1.29, 1.82) is 0 Å². The predicted molar refractivity (Wildman–Crippen MR) is 82.8 cm³/mol. The van der Waals surface area contributed by atoms with Gasteiger partial charge in [-0.3, -0.25) is 16.0 Å². The fourth-order valence-electron chi connectivity index (χ4n) is 2.94. The SMILES string of the molecule is CN1CCC(CN(C)Cc2cc([N+](=O)[O-])ccc2NN)C1. The Balaban J connectivity index is 2.03. The van der Waals surface area contributed by atoms with Gasteiger partial charge in [0.05, 0.1) is 10.6 Å². The number of likely N-dealkylation sites (tertiary alicyclic amines) is 1. The number of non-ortho nitro benzene ring substituents is 1. The number of hydrogen-bond acceptors (Lipinski definition) is 6. The number of nitro groups is 1. The average Bonchev–Trinajstić information content (AvgIpc) is 2.83. The number of nitrogens with one attached hydrogen (secondary N) is 1. The summed E-state index contributed by atoms with van der Waals surface area (Å²) in [5.74, 6) is 6.15. The van der Waals surface area contributed by atoms with Crippen LogP contribution in [-0.4, -0.2) is 48.5 Å². The summed E-state index contributed by atoms with van der Waals surface area (Å²) in [7, 11) is 4.18. The number of nitrogen functional groups attached to an aromatic ring is 1. The number of anilines is 1. The molecule has 3 N–H and O–H groups in total. The summed E-state index contributed by atoms with van der Waals surface area (Å²) < 4.78 is 0. The van der Waals surface area contributed by atoms with Crippen molar-refractivity contribution in [3.05, 3.63) is 33.9 Å². The van der Waals surface area contributed by atoms with Crippen molar-refractivity contribution < 1.29 is 4.92 Å². The third kappa shape index (κ3) is 4.13. The van der Waals surface area contributed by atoms with E-state index < -0.39 is 0 Å². The Labute approximate surface area is 124 Å². The van der Waals surface area contributed by atoms with Crippen molar-refractivity contribution in [1.82, 2.24) is 9.80 Å². The third-order valence-corrected chi connectivity index (χ3v) is 3.95. The highest BCUT2D eigenvalue weighted by Gasteiger charge is 2.21. The zero-order valence-electron chi connectivity index (χ0n) is 12.6. The molecule has 1 unspecified atom stereocenters. The van der Waals surface area contributed by atoms with Crippen molar-refractivity contribution >= 4 is 11.4 Å². The van der Waals surface area contributed by atoms with Gasteiger partial charge in [0.2, 0.25) is 0 Å². The molecule has 1 fully saturated rings. The van der Waals surface area contributed by atoms with Gasteiger partial charge in [-0.05, 0) is 44.6 Å². The molecule has 1 aliphatic heterocycles. The molecule has 0 saturated carbocycles. The van der Waals surface area contributed by atoms with Gasteiger partial charge in [-0.1, -0.05) is 0 Å². The summed E-state index contributed by atoms with van der Waals surface area (Å²) >= 11 is 0. The Kier molecular flexibility index (Phi) is 5.11. The van der Waals surface area contributed by atoms with Crippen LogP contribution in [0, 0.1) is 16.0 Å². The Bertz CT molecular complexity index is 508. The van der Waals surface area contributed by atoms with Gasteiger partial charge in [-0.2, -0.15) is 0 Å². The molecule has 7 heteroatoms. The van der Waals surface area contributed by atoms with E-state index in [4.69, 9.17) is 5.84 Å². The lowest BCUT2D eigenvalue weighted by Crippen LogP contribution is -2.27. The zero-order valence-corrected chi connectivity index (χ0v) is 12.6. The van der Waals surface area contributed by atoms with E-state index in [1.54, 1.807) is 12.1 Å². The molecular weight excluding hydrogens is 270 g/mol. The number of benzene rings is 1. The van der Waals surface area contributed by atoms with E-state index in [2.05, 4.69) is 22.3 Å². The van der Waals surface area contributed by atoms with Crippen LogP contribution in [0.2, 0.25) is 0 Å². The topological polar surface area (TPSA) is 87.7 Å². The van der Waals surface area contributed by atoms with Gasteiger partial charge in [0, 0.05) is 31.8 Å². The van der Waals surface area contributed by atoms with Crippen LogP contribution in [0.25, 0.3) is 0 Å². The maximum absolute atomic E-state index is 10.9. The molecule has 1 atom stereocenters. The van der Waals surface area contributed by atoms with Crippen LogP contribution >= 0.6 is 0 Å². The summed E-state index contributed by atoms with van der Waals surface area (Å²) in [6.45, 7) is 3.88. The van der Waals surface area contributed by atoms with Crippen LogP contribution in [0.3, 0.4) is 0 Å². The van der Waals surface area contributed by atoms with E-state index in [1.165, 1.54) is 12.5 Å². The van der Waals surface area contributed by atoms with Crippen molar-refractivity contribution in [2.24, 2.45) is 11.8 Å². The smallest absolute Gasteiger partial charge is 0.269 e. The van der Waals surface area contributed by atoms with Crippen molar-refractivity contribution in [3.63, 3.8) is 0 Å². The van der Waals surface area contributed by atoms with Crippen molar-refractivity contribution in [2.75, 3.05) is 39.2 Å². The number of nitro benzene ring substituents is 1. The molecule has 0 amide bonds. The van der Waals surface area contributed by atoms with Crippen LogP contribution in [0.15, 0.2) is 18.2 Å². The molecule has 1 aromatic carbocycles. The standard InChI is InChI=1S/C14H23N5O2/c1-17-6-5-11(8-17)9-18(2)10-12-7-13(19(20)21)3-4-14(12)16-15/h3-4,7,11,16H,5-6,8-10,15H2,1-2H3. The summed E-state index contributed by atoms with van der Waals surface area (Å²) in [6, 6.07) is 4.71. The minimum absolute atomic E-state index is 0.0954. The lowest BCUT2D eigenvalue weighted by molar-refractivity contribution is -0.384. The minimum atomic E-state index is -0.379. The molecule has 0 aromatic heterocycles. The second-order valence-electron chi connectivity index (χ2n) is 5.86. The normalized spacial score (nSPS) is 19.1. The van der Waals surface area contributed by atoms with E-state index in [0.29, 0.717) is 12.5 Å². The summed E-state index contributed by atoms with van der Waals surface area (Å²) in [5, 5.41) is 10.9. The van der Waals surface area contributed by atoms with Crippen LogP contribution in [0.1, 0.15) is 12.0 Å². The number of hydrogen-bond donors (Lipinski definition) is 2. The summed E-state index contributed by atoms with van der Waals surface area (Å²) in [4.78, 5) is 15.0. The van der Waals surface area contributed by atoms with Gasteiger partial charge in [-0.25, -0.2) is 0 Å². The van der Waals surface area contributed by atoms with E-state index in [0.717, 1.165) is 30.9 Å². The van der Waals surface area contributed by atoms with Gasteiger partial charge >= 0.3 is 0 Å². The molecular formula is C14H23N5O2. The molecule has 1 heterocycles. The molecule has 7 nitrogen and oxygen atoms in total. The van der Waals surface area contributed by atoms with E-state index >= 15 is 0 Å². The molecule has 1 saturated heterocycles. The molecule has 0 aliphatic carbocycles. The Hall–Kier alpha value is -1.70. The highest BCUT2D eigenvalue weighted by Crippen LogP contribution is 2.23. The van der Waals surface area contributed by atoms with E-state index in [-0.39, 0.29) is 10.6 Å². The zero-order chi connectivity index (χ0) is 15.4. The first-order chi connectivity index (χ1) is 9.99. The first-order valence-electron chi connectivity index (χ1n) is 7.10. The molecule has 0 bridgehead atoms. The molecule has 0 spiro atoms. The van der Waals surface area contributed by atoms with Crippen LogP contribution in [0.4, 0.5) is 11.4 Å². The van der Waals surface area contributed by atoms with Crippen molar-refractivity contribution in [3.8, 4) is 0 Å². The third-order valence-electron chi connectivity index (χ3n) is 3.95. The molecule has 2 rings (SSSR count). The largest absolute Gasteiger partial charge is 0.324 e. The van der Waals surface area contributed by atoms with Gasteiger partial charge in [-0.15, -0.1) is 0 Å². The monoisotopic (exact) mass is 293 g/mol. The second-order valence-corrected chi connectivity index (χ2v) is 5.86. The fraction of sp³-hybridized carbons (Fsp3) is 0.571. The molecule has 116 valence electrons. The number of nitrogens with two attached hydrogens (primary N) is 1.